The van der Waals surface area contributed by atoms with Crippen LogP contribution in [0, 0.1) is 11.6 Å². The van der Waals surface area contributed by atoms with Crippen LogP contribution >= 0.6 is 31.9 Å². The zero-order valence-corrected chi connectivity index (χ0v) is 12.5. The van der Waals surface area contributed by atoms with Gasteiger partial charge in [0.15, 0.2) is 11.6 Å². The van der Waals surface area contributed by atoms with Gasteiger partial charge < -0.3 is 0 Å². The SMILES string of the molecule is Fc1ccc(CC(Br)c2cccc(Br)c2)cc1F. The van der Waals surface area contributed by atoms with Gasteiger partial charge in [0, 0.05) is 9.30 Å². The maximum Gasteiger partial charge on any atom is 0.159 e. The Kier molecular flexibility index (Phi) is 4.51. The fourth-order valence-electron chi connectivity index (χ4n) is 1.69. The highest BCUT2D eigenvalue weighted by molar-refractivity contribution is 9.10. The van der Waals surface area contributed by atoms with Crippen LogP contribution in [0.3, 0.4) is 0 Å². The number of halogens is 4. The Morgan fingerprint density at radius 3 is 2.44 bits per heavy atom. The Morgan fingerprint density at radius 1 is 1.00 bits per heavy atom. The molecule has 0 fully saturated rings. The fraction of sp³-hybridized carbons (Fsp3) is 0.143. The van der Waals surface area contributed by atoms with Crippen LogP contribution in [0.15, 0.2) is 46.9 Å². The number of rotatable bonds is 3. The van der Waals surface area contributed by atoms with Crippen molar-refractivity contribution in [1.29, 1.82) is 0 Å². The van der Waals surface area contributed by atoms with Crippen molar-refractivity contribution in [3.05, 3.63) is 69.7 Å². The molecule has 2 rings (SSSR count). The summed E-state index contributed by atoms with van der Waals surface area (Å²) >= 11 is 6.97. The lowest BCUT2D eigenvalue weighted by Gasteiger charge is -2.11. The van der Waals surface area contributed by atoms with Crippen LogP contribution in [0.5, 0.6) is 0 Å². The Hall–Kier alpha value is -0.740. The molecule has 18 heavy (non-hydrogen) atoms. The van der Waals surface area contributed by atoms with Gasteiger partial charge in [0.25, 0.3) is 0 Å². The van der Waals surface area contributed by atoms with Crippen LogP contribution in [-0.2, 0) is 6.42 Å². The van der Waals surface area contributed by atoms with Gasteiger partial charge in [-0.25, -0.2) is 8.78 Å². The van der Waals surface area contributed by atoms with Crippen molar-refractivity contribution < 1.29 is 8.78 Å². The first kappa shape index (κ1) is 13.7. The second-order valence-corrected chi connectivity index (χ2v) is 6.00. The molecule has 0 aromatic heterocycles. The van der Waals surface area contributed by atoms with Crippen molar-refractivity contribution in [3.8, 4) is 0 Å². The lowest BCUT2D eigenvalue weighted by molar-refractivity contribution is 0.507. The molecule has 1 atom stereocenters. The van der Waals surface area contributed by atoms with E-state index in [1.807, 2.05) is 24.3 Å². The highest BCUT2D eigenvalue weighted by atomic mass is 79.9. The van der Waals surface area contributed by atoms with Gasteiger partial charge in [0.05, 0.1) is 0 Å². The Balaban J connectivity index is 2.16. The first-order valence-electron chi connectivity index (χ1n) is 5.40. The maximum atomic E-state index is 13.1. The highest BCUT2D eigenvalue weighted by Gasteiger charge is 2.10. The van der Waals surface area contributed by atoms with Crippen LogP contribution in [0.1, 0.15) is 16.0 Å². The number of hydrogen-bond donors (Lipinski definition) is 0. The minimum Gasteiger partial charge on any atom is -0.204 e. The molecule has 0 aliphatic carbocycles. The van der Waals surface area contributed by atoms with Gasteiger partial charge in [-0.3, -0.25) is 0 Å². The zero-order chi connectivity index (χ0) is 13.1. The first-order chi connectivity index (χ1) is 8.56. The molecule has 2 aromatic rings. The second-order valence-electron chi connectivity index (χ2n) is 3.98. The molecule has 2 aromatic carbocycles. The molecule has 0 heterocycles. The standard InChI is InChI=1S/C14H10Br2F2/c15-11-3-1-2-10(8-11)12(16)6-9-4-5-13(17)14(18)7-9/h1-5,7-8,12H,6H2. The van der Waals surface area contributed by atoms with Crippen LogP contribution in [0.25, 0.3) is 0 Å². The summed E-state index contributed by atoms with van der Waals surface area (Å²) in [5.74, 6) is -1.62. The monoisotopic (exact) mass is 374 g/mol. The summed E-state index contributed by atoms with van der Waals surface area (Å²) < 4.78 is 26.9. The molecule has 94 valence electrons. The van der Waals surface area contributed by atoms with Crippen molar-refractivity contribution in [2.45, 2.75) is 11.2 Å². The minimum atomic E-state index is -0.813. The molecule has 4 heteroatoms. The van der Waals surface area contributed by atoms with Gasteiger partial charge in [-0.15, -0.1) is 0 Å². The van der Waals surface area contributed by atoms with E-state index >= 15 is 0 Å². The lowest BCUT2D eigenvalue weighted by atomic mass is 10.0. The predicted octanol–water partition coefficient (Wildman–Crippen LogP) is 5.41. The Labute approximate surface area is 121 Å². The van der Waals surface area contributed by atoms with E-state index < -0.39 is 11.6 Å². The van der Waals surface area contributed by atoms with E-state index in [0.29, 0.717) is 6.42 Å². The molecule has 0 nitrogen and oxygen atoms in total. The smallest absolute Gasteiger partial charge is 0.159 e. The summed E-state index contributed by atoms with van der Waals surface area (Å²) in [7, 11) is 0. The summed E-state index contributed by atoms with van der Waals surface area (Å²) in [6, 6.07) is 11.9. The lowest BCUT2D eigenvalue weighted by Crippen LogP contribution is -1.97. The van der Waals surface area contributed by atoms with Crippen molar-refractivity contribution >= 4 is 31.9 Å². The van der Waals surface area contributed by atoms with Gasteiger partial charge in [0.1, 0.15) is 0 Å². The molecule has 0 radical (unpaired) electrons. The molecule has 0 spiro atoms. The van der Waals surface area contributed by atoms with Crippen LogP contribution in [0.4, 0.5) is 8.78 Å². The number of alkyl halides is 1. The minimum absolute atomic E-state index is 0.0693. The largest absolute Gasteiger partial charge is 0.204 e. The molecule has 0 amide bonds. The van der Waals surface area contributed by atoms with Crippen LogP contribution < -0.4 is 0 Å². The topological polar surface area (TPSA) is 0 Å². The average molecular weight is 376 g/mol. The van der Waals surface area contributed by atoms with E-state index in [9.17, 15) is 8.78 Å². The van der Waals surface area contributed by atoms with Crippen LogP contribution in [0.2, 0.25) is 0 Å². The van der Waals surface area contributed by atoms with Gasteiger partial charge in [0.2, 0.25) is 0 Å². The Bertz CT molecular complexity index is 555. The molecule has 0 saturated heterocycles. The normalized spacial score (nSPS) is 12.4. The zero-order valence-electron chi connectivity index (χ0n) is 9.34. The molecule has 0 aliphatic heterocycles. The van der Waals surface area contributed by atoms with Crippen molar-refractivity contribution in [1.82, 2.24) is 0 Å². The van der Waals surface area contributed by atoms with Gasteiger partial charge in [-0.2, -0.15) is 0 Å². The average Bonchev–Trinajstić information content (AvgIpc) is 2.34. The summed E-state index contributed by atoms with van der Waals surface area (Å²) in [5.41, 5.74) is 1.85. The second kappa shape index (κ2) is 5.93. The molecule has 1 unspecified atom stereocenters. The van der Waals surface area contributed by atoms with E-state index in [-0.39, 0.29) is 4.83 Å². The van der Waals surface area contributed by atoms with E-state index in [0.717, 1.165) is 21.7 Å². The summed E-state index contributed by atoms with van der Waals surface area (Å²) in [6.45, 7) is 0. The third-order valence-corrected chi connectivity index (χ3v) is 3.95. The highest BCUT2D eigenvalue weighted by Crippen LogP contribution is 2.29. The van der Waals surface area contributed by atoms with Gasteiger partial charge in [-0.1, -0.05) is 50.1 Å². The number of hydrogen-bond acceptors (Lipinski definition) is 0. The fourth-order valence-corrected chi connectivity index (χ4v) is 2.77. The quantitative estimate of drug-likeness (QED) is 0.629. The molecule has 0 saturated carbocycles. The molecular formula is C14H10Br2F2. The van der Waals surface area contributed by atoms with Crippen molar-refractivity contribution in [2.75, 3.05) is 0 Å². The molecule has 0 aliphatic rings. The third-order valence-electron chi connectivity index (χ3n) is 2.61. The maximum absolute atomic E-state index is 13.1. The summed E-state index contributed by atoms with van der Waals surface area (Å²) in [6.07, 6.45) is 0.605. The van der Waals surface area contributed by atoms with E-state index in [4.69, 9.17) is 0 Å². The van der Waals surface area contributed by atoms with Crippen LogP contribution in [-0.4, -0.2) is 0 Å². The van der Waals surface area contributed by atoms with Crippen molar-refractivity contribution in [3.63, 3.8) is 0 Å². The predicted molar refractivity (Wildman–Crippen MR) is 75.9 cm³/mol. The number of benzene rings is 2. The molecule has 0 bridgehead atoms. The summed E-state index contributed by atoms with van der Waals surface area (Å²) in [5, 5.41) is 0. The van der Waals surface area contributed by atoms with Gasteiger partial charge >= 0.3 is 0 Å². The molecule has 0 N–H and O–H groups in total. The van der Waals surface area contributed by atoms with Gasteiger partial charge in [-0.05, 0) is 41.8 Å². The van der Waals surface area contributed by atoms with E-state index in [1.165, 1.54) is 6.07 Å². The Morgan fingerprint density at radius 2 is 1.78 bits per heavy atom. The summed E-state index contributed by atoms with van der Waals surface area (Å²) in [4.78, 5) is 0.0693. The van der Waals surface area contributed by atoms with E-state index in [2.05, 4.69) is 31.9 Å². The van der Waals surface area contributed by atoms with E-state index in [1.54, 1.807) is 6.07 Å². The van der Waals surface area contributed by atoms with Crippen molar-refractivity contribution in [2.24, 2.45) is 0 Å². The molecular weight excluding hydrogens is 366 g/mol. The first-order valence-corrected chi connectivity index (χ1v) is 7.10. The third kappa shape index (κ3) is 3.39.